The fraction of sp³-hybridized carbons (Fsp3) is 0.462. The highest BCUT2D eigenvalue weighted by molar-refractivity contribution is 5.78. The van der Waals surface area contributed by atoms with Gasteiger partial charge in [0.05, 0.1) is 0 Å². The van der Waals surface area contributed by atoms with Crippen LogP contribution in [0, 0.1) is 0 Å². The van der Waals surface area contributed by atoms with Crippen LogP contribution < -0.4 is 20.9 Å². The Morgan fingerprint density at radius 1 is 1.06 bits per heavy atom. The number of rotatable bonds is 8. The molecule has 0 spiro atoms. The van der Waals surface area contributed by atoms with Gasteiger partial charge < -0.3 is 20.9 Å². The second kappa shape index (κ2) is 7.68. The Kier molecular flexibility index (Phi) is 6.18. The molecule has 0 aromatic heterocycles. The van der Waals surface area contributed by atoms with Crippen LogP contribution in [0.1, 0.15) is 12.5 Å². The summed E-state index contributed by atoms with van der Waals surface area (Å²) in [5.74, 6) is 1.41. The van der Waals surface area contributed by atoms with Gasteiger partial charge in [0.25, 0.3) is 0 Å². The van der Waals surface area contributed by atoms with E-state index in [-0.39, 0.29) is 5.78 Å². The van der Waals surface area contributed by atoms with E-state index in [4.69, 9.17) is 20.9 Å². The summed E-state index contributed by atoms with van der Waals surface area (Å²) in [4.78, 5) is 11.1. The summed E-state index contributed by atoms with van der Waals surface area (Å²) in [5.41, 5.74) is 11.6. The third-order valence-electron chi connectivity index (χ3n) is 2.17. The predicted molar refractivity (Wildman–Crippen MR) is 69.9 cm³/mol. The molecule has 1 aromatic rings. The van der Waals surface area contributed by atoms with Crippen molar-refractivity contribution in [2.24, 2.45) is 11.5 Å². The molecule has 0 atom stereocenters. The molecular weight excluding hydrogens is 232 g/mol. The minimum absolute atomic E-state index is 0.0933. The smallest absolute Gasteiger partial charge is 0.134 e. The van der Waals surface area contributed by atoms with Crippen molar-refractivity contribution >= 4 is 5.78 Å². The fourth-order valence-corrected chi connectivity index (χ4v) is 1.54. The van der Waals surface area contributed by atoms with Crippen molar-refractivity contribution in [2.75, 3.05) is 26.3 Å². The van der Waals surface area contributed by atoms with E-state index < -0.39 is 0 Å². The van der Waals surface area contributed by atoms with Crippen LogP contribution in [-0.2, 0) is 11.2 Å². The lowest BCUT2D eigenvalue weighted by Crippen LogP contribution is -2.12. The molecule has 5 heteroatoms. The molecule has 0 bridgehead atoms. The first-order valence-corrected chi connectivity index (χ1v) is 5.95. The Balaban J connectivity index is 2.84. The summed E-state index contributed by atoms with van der Waals surface area (Å²) in [6.07, 6.45) is 0.360. The van der Waals surface area contributed by atoms with Crippen molar-refractivity contribution < 1.29 is 14.3 Å². The van der Waals surface area contributed by atoms with E-state index in [2.05, 4.69) is 0 Å². The van der Waals surface area contributed by atoms with Gasteiger partial charge in [-0.05, 0) is 24.6 Å². The lowest BCUT2D eigenvalue weighted by Gasteiger charge is -2.11. The Morgan fingerprint density at radius 2 is 1.56 bits per heavy atom. The molecule has 0 saturated carbocycles. The van der Waals surface area contributed by atoms with Crippen LogP contribution in [0.3, 0.4) is 0 Å². The zero-order valence-electron chi connectivity index (χ0n) is 10.6. The molecule has 100 valence electrons. The van der Waals surface area contributed by atoms with Crippen LogP contribution in [0.15, 0.2) is 18.2 Å². The average molecular weight is 252 g/mol. The van der Waals surface area contributed by atoms with E-state index in [1.54, 1.807) is 13.0 Å². The van der Waals surface area contributed by atoms with Gasteiger partial charge in [-0.3, -0.25) is 4.79 Å². The van der Waals surface area contributed by atoms with Gasteiger partial charge in [-0.15, -0.1) is 0 Å². The van der Waals surface area contributed by atoms with Crippen LogP contribution in [0.25, 0.3) is 0 Å². The molecule has 4 N–H and O–H groups in total. The van der Waals surface area contributed by atoms with Crippen molar-refractivity contribution in [3.63, 3.8) is 0 Å². The molecule has 0 amide bonds. The molecular formula is C13H20N2O3. The summed E-state index contributed by atoms with van der Waals surface area (Å²) in [6.45, 7) is 3.29. The van der Waals surface area contributed by atoms with Crippen LogP contribution in [0.2, 0.25) is 0 Å². The predicted octanol–water partition coefficient (Wildman–Crippen LogP) is 0.493. The van der Waals surface area contributed by atoms with E-state index in [1.165, 1.54) is 0 Å². The summed E-state index contributed by atoms with van der Waals surface area (Å²) in [5, 5.41) is 0. The molecule has 0 radical (unpaired) electrons. The molecule has 0 aliphatic heterocycles. The molecule has 1 aromatic carbocycles. The van der Waals surface area contributed by atoms with E-state index in [1.807, 2.05) is 12.1 Å². The van der Waals surface area contributed by atoms with Gasteiger partial charge in [0.1, 0.15) is 30.5 Å². The molecule has 1 rings (SSSR count). The van der Waals surface area contributed by atoms with Crippen LogP contribution in [-0.4, -0.2) is 32.1 Å². The standard InChI is InChI=1S/C13H20N2O3/c1-10(16)6-11-7-12(17-4-2-14)9-13(8-11)18-5-3-15/h7-9H,2-6,14-15H2,1H3. The molecule has 18 heavy (non-hydrogen) atoms. The molecule has 0 unspecified atom stereocenters. The highest BCUT2D eigenvalue weighted by Crippen LogP contribution is 2.23. The number of nitrogens with two attached hydrogens (primary N) is 2. The van der Waals surface area contributed by atoms with Crippen molar-refractivity contribution in [1.29, 1.82) is 0 Å². The van der Waals surface area contributed by atoms with Gasteiger partial charge in [0.2, 0.25) is 0 Å². The summed E-state index contributed by atoms with van der Waals surface area (Å²) in [7, 11) is 0. The maximum absolute atomic E-state index is 11.1. The Bertz CT molecular complexity index is 368. The summed E-state index contributed by atoms with van der Waals surface area (Å²) < 4.78 is 10.9. The Hall–Kier alpha value is -1.59. The molecule has 0 fully saturated rings. The van der Waals surface area contributed by atoms with Gasteiger partial charge in [-0.2, -0.15) is 0 Å². The fourth-order valence-electron chi connectivity index (χ4n) is 1.54. The van der Waals surface area contributed by atoms with E-state index in [0.717, 1.165) is 5.56 Å². The first-order valence-electron chi connectivity index (χ1n) is 5.95. The number of hydrogen-bond acceptors (Lipinski definition) is 5. The van der Waals surface area contributed by atoms with E-state index in [9.17, 15) is 4.79 Å². The van der Waals surface area contributed by atoms with Gasteiger partial charge in [0, 0.05) is 25.6 Å². The van der Waals surface area contributed by atoms with Crippen molar-refractivity contribution in [1.82, 2.24) is 0 Å². The summed E-state index contributed by atoms with van der Waals surface area (Å²) >= 11 is 0. The zero-order chi connectivity index (χ0) is 13.4. The first-order chi connectivity index (χ1) is 8.65. The highest BCUT2D eigenvalue weighted by Gasteiger charge is 2.05. The minimum Gasteiger partial charge on any atom is -0.492 e. The zero-order valence-corrected chi connectivity index (χ0v) is 10.6. The third-order valence-corrected chi connectivity index (χ3v) is 2.17. The van der Waals surface area contributed by atoms with Crippen molar-refractivity contribution in [3.05, 3.63) is 23.8 Å². The average Bonchev–Trinajstić information content (AvgIpc) is 2.33. The normalized spacial score (nSPS) is 10.2. The van der Waals surface area contributed by atoms with Gasteiger partial charge in [-0.1, -0.05) is 0 Å². The molecule has 0 saturated heterocycles. The second-order valence-corrected chi connectivity index (χ2v) is 3.97. The highest BCUT2D eigenvalue weighted by atomic mass is 16.5. The number of carbonyl (C=O) groups excluding carboxylic acids is 1. The molecule has 0 aliphatic carbocycles. The summed E-state index contributed by atoms with van der Waals surface area (Å²) in [6, 6.07) is 5.42. The maximum Gasteiger partial charge on any atom is 0.134 e. The number of ether oxygens (including phenoxy) is 2. The maximum atomic E-state index is 11.1. The Morgan fingerprint density at radius 3 is 1.94 bits per heavy atom. The van der Waals surface area contributed by atoms with Crippen LogP contribution in [0.4, 0.5) is 0 Å². The topological polar surface area (TPSA) is 87.6 Å². The molecule has 5 nitrogen and oxygen atoms in total. The number of benzene rings is 1. The lowest BCUT2D eigenvalue weighted by molar-refractivity contribution is -0.116. The number of hydrogen-bond donors (Lipinski definition) is 2. The SMILES string of the molecule is CC(=O)Cc1cc(OCCN)cc(OCCN)c1. The number of ketones is 1. The van der Waals surface area contributed by atoms with Crippen molar-refractivity contribution in [3.8, 4) is 11.5 Å². The van der Waals surface area contributed by atoms with Gasteiger partial charge >= 0.3 is 0 Å². The lowest BCUT2D eigenvalue weighted by atomic mass is 10.1. The molecule has 0 aliphatic rings. The van der Waals surface area contributed by atoms with Crippen molar-refractivity contribution in [2.45, 2.75) is 13.3 Å². The van der Waals surface area contributed by atoms with Gasteiger partial charge in [-0.25, -0.2) is 0 Å². The third kappa shape index (κ3) is 5.16. The number of Topliss-reactive ketones (excluding diaryl/α,β-unsaturated/α-hetero) is 1. The van der Waals surface area contributed by atoms with Crippen LogP contribution >= 0.6 is 0 Å². The minimum atomic E-state index is 0.0933. The first kappa shape index (κ1) is 14.5. The Labute approximate surface area is 107 Å². The van der Waals surface area contributed by atoms with E-state index >= 15 is 0 Å². The van der Waals surface area contributed by atoms with Crippen LogP contribution in [0.5, 0.6) is 11.5 Å². The largest absolute Gasteiger partial charge is 0.492 e. The quantitative estimate of drug-likeness (QED) is 0.703. The second-order valence-electron chi connectivity index (χ2n) is 3.97. The molecule has 0 heterocycles. The monoisotopic (exact) mass is 252 g/mol. The number of carbonyl (C=O) groups is 1. The van der Waals surface area contributed by atoms with E-state index in [0.29, 0.717) is 44.2 Å². The van der Waals surface area contributed by atoms with Gasteiger partial charge in [0.15, 0.2) is 0 Å².